The van der Waals surface area contributed by atoms with E-state index in [9.17, 15) is 9.46 Å². The molecule has 0 N–H and O–H groups in total. The first-order valence-corrected chi connectivity index (χ1v) is 16.2. The minimum atomic E-state index is -4.56. The third-order valence-corrected chi connectivity index (χ3v) is 7.82. The number of phosphoric ester groups is 1. The highest BCUT2D eigenvalue weighted by molar-refractivity contribution is 7.46. The Morgan fingerprint density at radius 3 is 2.22 bits per heavy atom. The lowest BCUT2D eigenvalue weighted by Crippen LogP contribution is -2.31. The third kappa shape index (κ3) is 15.0. The largest absolute Gasteiger partial charge is 0.746 e. The van der Waals surface area contributed by atoms with E-state index in [1.165, 1.54) is 71.3 Å². The number of ether oxygens (including phenoxy) is 2. The van der Waals surface area contributed by atoms with Crippen LogP contribution >= 0.6 is 19.2 Å². The standard InChI is InChI=1S/C28H46NO6PS/c1-3-4-5-6-7-8-9-10-11-12-13-16-20-33-23-27(32-2)24-34-36(30,31)35-28-18-15-14-17-26(28)22-29-19-21-37-25-29/h14-15,17-19,21,25,27H,3-13,16,20,22-24H2,1-2H3. The van der Waals surface area contributed by atoms with Crippen LogP contribution in [-0.4, -0.2) is 33.0 Å². The second-order valence-electron chi connectivity index (χ2n) is 9.46. The fourth-order valence-corrected chi connectivity index (χ4v) is 5.46. The van der Waals surface area contributed by atoms with Crippen molar-refractivity contribution in [3.05, 3.63) is 46.9 Å². The summed E-state index contributed by atoms with van der Waals surface area (Å²) in [5.74, 6) is 0.261. The molecule has 0 fully saturated rings. The summed E-state index contributed by atoms with van der Waals surface area (Å²) < 4.78 is 35.8. The predicted octanol–water partition coefficient (Wildman–Crippen LogP) is 6.68. The van der Waals surface area contributed by atoms with Crippen molar-refractivity contribution >= 4 is 19.2 Å². The van der Waals surface area contributed by atoms with Crippen molar-refractivity contribution in [2.45, 2.75) is 96.6 Å². The van der Waals surface area contributed by atoms with Gasteiger partial charge in [0.1, 0.15) is 11.9 Å². The van der Waals surface area contributed by atoms with Crippen LogP contribution in [0.1, 0.15) is 89.5 Å². The smallest absolute Gasteiger partial charge is 0.319 e. The van der Waals surface area contributed by atoms with Gasteiger partial charge in [0.05, 0.1) is 24.2 Å². The average molecular weight is 556 g/mol. The molecule has 0 bridgehead atoms. The SMILES string of the molecule is CCCCCCCCCCCCCCOCC(COP(=O)([O-])Oc1ccccc1C[n+]1ccsc1)OC. The summed E-state index contributed by atoms with van der Waals surface area (Å²) in [7, 11) is -3.04. The number of benzene rings is 1. The van der Waals surface area contributed by atoms with Crippen molar-refractivity contribution in [2.24, 2.45) is 0 Å². The van der Waals surface area contributed by atoms with Gasteiger partial charge in [-0.1, -0.05) is 101 Å². The Morgan fingerprint density at radius 2 is 1.59 bits per heavy atom. The van der Waals surface area contributed by atoms with E-state index in [1.807, 2.05) is 33.8 Å². The van der Waals surface area contributed by atoms with E-state index in [0.717, 1.165) is 18.4 Å². The molecule has 0 saturated heterocycles. The van der Waals surface area contributed by atoms with E-state index in [4.69, 9.17) is 18.5 Å². The van der Waals surface area contributed by atoms with Crippen LogP contribution in [0.5, 0.6) is 5.75 Å². The first kappa shape index (κ1) is 31.9. The Morgan fingerprint density at radius 1 is 0.946 bits per heavy atom. The molecule has 37 heavy (non-hydrogen) atoms. The van der Waals surface area contributed by atoms with Gasteiger partial charge in [-0.05, 0) is 18.6 Å². The van der Waals surface area contributed by atoms with Crippen LogP contribution in [-0.2, 0) is 25.1 Å². The molecule has 7 nitrogen and oxygen atoms in total. The summed E-state index contributed by atoms with van der Waals surface area (Å²) in [6, 6.07) is 7.04. The lowest BCUT2D eigenvalue weighted by atomic mass is 10.1. The zero-order valence-electron chi connectivity index (χ0n) is 22.7. The van der Waals surface area contributed by atoms with Gasteiger partial charge >= 0.3 is 7.82 Å². The van der Waals surface area contributed by atoms with E-state index in [2.05, 4.69) is 6.92 Å². The quantitative estimate of drug-likeness (QED) is 0.0864. The highest BCUT2D eigenvalue weighted by Gasteiger charge is 2.19. The summed E-state index contributed by atoms with van der Waals surface area (Å²) in [6.45, 7) is 3.52. The molecular weight excluding hydrogens is 509 g/mol. The Labute approximate surface area is 227 Å². The molecule has 0 aliphatic carbocycles. The van der Waals surface area contributed by atoms with E-state index < -0.39 is 13.9 Å². The third-order valence-electron chi connectivity index (χ3n) is 6.26. The van der Waals surface area contributed by atoms with Crippen molar-refractivity contribution in [1.82, 2.24) is 0 Å². The number of methoxy groups -OCH3 is 1. The van der Waals surface area contributed by atoms with Crippen molar-refractivity contribution in [2.75, 3.05) is 26.9 Å². The number of nitrogens with zero attached hydrogens (tertiary/aromatic N) is 1. The van der Waals surface area contributed by atoms with Crippen LogP contribution in [0.15, 0.2) is 41.4 Å². The maximum absolute atomic E-state index is 12.5. The van der Waals surface area contributed by atoms with Crippen molar-refractivity contribution in [3.8, 4) is 5.75 Å². The number of rotatable bonds is 23. The average Bonchev–Trinajstić information content (AvgIpc) is 3.40. The topological polar surface area (TPSA) is 80.9 Å². The minimum Gasteiger partial charge on any atom is -0.746 e. The first-order valence-electron chi connectivity index (χ1n) is 13.8. The molecule has 0 aliphatic rings. The number of hydrogen-bond donors (Lipinski definition) is 0. The summed E-state index contributed by atoms with van der Waals surface area (Å²) in [5.41, 5.74) is 2.70. The molecule has 1 aromatic carbocycles. The van der Waals surface area contributed by atoms with Crippen molar-refractivity contribution in [1.29, 1.82) is 0 Å². The van der Waals surface area contributed by atoms with Gasteiger partial charge in [-0.25, -0.2) is 0 Å². The summed E-state index contributed by atoms with van der Waals surface area (Å²) in [5, 5.41) is 1.95. The Hall–Kier alpha value is -1.28. The maximum Gasteiger partial charge on any atom is 0.319 e. The van der Waals surface area contributed by atoms with Crippen LogP contribution in [0.25, 0.3) is 0 Å². The monoisotopic (exact) mass is 555 g/mol. The lowest BCUT2D eigenvalue weighted by molar-refractivity contribution is -0.683. The fourth-order valence-electron chi connectivity index (χ4n) is 4.04. The predicted molar refractivity (Wildman–Crippen MR) is 147 cm³/mol. The van der Waals surface area contributed by atoms with Gasteiger partial charge in [-0.2, -0.15) is 4.57 Å². The minimum absolute atomic E-state index is 0.156. The van der Waals surface area contributed by atoms with Gasteiger partial charge in [0.2, 0.25) is 5.51 Å². The van der Waals surface area contributed by atoms with Crippen LogP contribution in [0, 0.1) is 0 Å². The Balaban J connectivity index is 1.55. The zero-order valence-corrected chi connectivity index (χ0v) is 24.4. The van der Waals surface area contributed by atoms with E-state index >= 15 is 0 Å². The first-order chi connectivity index (χ1) is 18.0. The molecular formula is C28H46NO6PS. The highest BCUT2D eigenvalue weighted by atomic mass is 32.1. The molecule has 210 valence electrons. The van der Waals surface area contributed by atoms with E-state index in [0.29, 0.717) is 13.2 Å². The summed E-state index contributed by atoms with van der Waals surface area (Å²) in [4.78, 5) is 12.5. The summed E-state index contributed by atoms with van der Waals surface area (Å²) in [6.07, 6.45) is 17.0. The van der Waals surface area contributed by atoms with Crippen molar-refractivity contribution in [3.63, 3.8) is 0 Å². The lowest BCUT2D eigenvalue weighted by Gasteiger charge is -2.26. The molecule has 0 aliphatic heterocycles. The number of hydrogen-bond acceptors (Lipinski definition) is 7. The molecule has 1 heterocycles. The Kier molecular flexibility index (Phi) is 17.0. The van der Waals surface area contributed by atoms with Gasteiger partial charge < -0.3 is 23.4 Å². The maximum atomic E-state index is 12.5. The van der Waals surface area contributed by atoms with Gasteiger partial charge in [0.25, 0.3) is 0 Å². The number of unbranched alkanes of at least 4 members (excludes halogenated alkanes) is 11. The molecule has 0 saturated carbocycles. The molecule has 2 atom stereocenters. The Bertz CT molecular complexity index is 866. The van der Waals surface area contributed by atoms with Crippen LogP contribution < -0.4 is 14.0 Å². The molecule has 0 amide bonds. The van der Waals surface area contributed by atoms with Gasteiger partial charge in [0.15, 0.2) is 12.7 Å². The normalized spacial score (nSPS) is 13.9. The number of thiazole rings is 1. The van der Waals surface area contributed by atoms with Crippen LogP contribution in [0.4, 0.5) is 0 Å². The number of aromatic nitrogens is 1. The van der Waals surface area contributed by atoms with E-state index in [-0.39, 0.29) is 19.0 Å². The van der Waals surface area contributed by atoms with E-state index in [1.54, 1.807) is 23.5 Å². The molecule has 0 radical (unpaired) electrons. The molecule has 9 heteroatoms. The second-order valence-corrected chi connectivity index (χ2v) is 11.6. The van der Waals surface area contributed by atoms with Gasteiger partial charge in [-0.3, -0.25) is 4.57 Å². The number of para-hydroxylation sites is 1. The van der Waals surface area contributed by atoms with Crippen LogP contribution in [0.3, 0.4) is 0 Å². The molecule has 2 unspecified atom stereocenters. The van der Waals surface area contributed by atoms with Gasteiger partial charge in [-0.15, -0.1) is 0 Å². The summed E-state index contributed by atoms with van der Waals surface area (Å²) >= 11 is 1.56. The molecule has 1 aromatic heterocycles. The molecule has 2 aromatic rings. The highest BCUT2D eigenvalue weighted by Crippen LogP contribution is 2.41. The number of phosphoric acid groups is 1. The molecule has 0 spiro atoms. The van der Waals surface area contributed by atoms with Crippen molar-refractivity contribution < 1.29 is 32.5 Å². The molecule has 2 rings (SSSR count). The zero-order chi connectivity index (χ0) is 26.6. The van der Waals surface area contributed by atoms with Gasteiger partial charge in [0, 0.05) is 13.7 Å². The van der Waals surface area contributed by atoms with Crippen LogP contribution in [0.2, 0.25) is 0 Å². The second kappa shape index (κ2) is 19.7. The fraction of sp³-hybridized carbons (Fsp3) is 0.679.